The predicted octanol–water partition coefficient (Wildman–Crippen LogP) is 2.60. The number of ether oxygens (including phenoxy) is 1. The van der Waals surface area contributed by atoms with E-state index < -0.39 is 5.97 Å². The van der Waals surface area contributed by atoms with Crippen LogP contribution in [0.2, 0.25) is 0 Å². The van der Waals surface area contributed by atoms with Crippen molar-refractivity contribution < 1.29 is 14.3 Å². The quantitative estimate of drug-likeness (QED) is 0.676. The Balaban J connectivity index is 2.14. The maximum absolute atomic E-state index is 12.5. The second-order valence-corrected chi connectivity index (χ2v) is 8.56. The van der Waals surface area contributed by atoms with E-state index in [1.807, 2.05) is 27.7 Å². The Labute approximate surface area is 163 Å². The van der Waals surface area contributed by atoms with Crippen LogP contribution in [-0.2, 0) is 16.6 Å². The molecule has 2 aromatic rings. The van der Waals surface area contributed by atoms with Crippen LogP contribution in [0.1, 0.15) is 42.9 Å². The van der Waals surface area contributed by atoms with Crippen molar-refractivity contribution in [2.75, 3.05) is 19.7 Å². The number of hydrogen-bond donors (Lipinski definition) is 0. The van der Waals surface area contributed by atoms with Gasteiger partial charge in [0, 0.05) is 20.1 Å². The molecule has 2 rings (SSSR count). The van der Waals surface area contributed by atoms with E-state index in [-0.39, 0.29) is 18.1 Å². The summed E-state index contributed by atoms with van der Waals surface area (Å²) >= 11 is 1.11. The number of aryl methyl sites for hydroxylation is 2. The molecule has 1 amide bonds. The van der Waals surface area contributed by atoms with Gasteiger partial charge in [-0.05, 0) is 24.3 Å². The third kappa shape index (κ3) is 4.94. The Morgan fingerprint density at radius 1 is 1.22 bits per heavy atom. The molecule has 148 valence electrons. The van der Waals surface area contributed by atoms with E-state index in [4.69, 9.17) is 4.74 Å². The lowest BCUT2D eigenvalue weighted by molar-refractivity contribution is -0.135. The van der Waals surface area contributed by atoms with Crippen LogP contribution in [0.4, 0.5) is 0 Å². The summed E-state index contributed by atoms with van der Waals surface area (Å²) in [5.41, 5.74) is 0.339. The van der Waals surface area contributed by atoms with Crippen molar-refractivity contribution in [2.45, 2.75) is 34.6 Å². The first kappa shape index (κ1) is 21.1. The Bertz CT molecular complexity index is 888. The van der Waals surface area contributed by atoms with Crippen molar-refractivity contribution in [3.8, 4) is 0 Å². The molecule has 0 radical (unpaired) electrons. The van der Waals surface area contributed by atoms with Gasteiger partial charge in [-0.1, -0.05) is 27.7 Å². The Hall–Kier alpha value is -2.22. The molecular formula is C19H27N3O4S. The van der Waals surface area contributed by atoms with Crippen LogP contribution in [0.3, 0.4) is 0 Å². The normalized spacial score (nSPS) is 11.4. The Morgan fingerprint density at radius 2 is 1.81 bits per heavy atom. The van der Waals surface area contributed by atoms with Gasteiger partial charge in [0.25, 0.3) is 11.5 Å². The third-order valence-corrected chi connectivity index (χ3v) is 5.23. The van der Waals surface area contributed by atoms with Crippen LogP contribution in [0.15, 0.2) is 11.1 Å². The zero-order valence-corrected chi connectivity index (χ0v) is 17.6. The number of amides is 1. The molecule has 0 saturated carbocycles. The number of thiophene rings is 1. The van der Waals surface area contributed by atoms with Crippen molar-refractivity contribution in [3.05, 3.63) is 27.1 Å². The summed E-state index contributed by atoms with van der Waals surface area (Å²) in [6, 6.07) is 0. The topological polar surface area (TPSA) is 81.5 Å². The number of carbonyl (C=O) groups excluding carboxylic acids is 2. The maximum atomic E-state index is 12.5. The summed E-state index contributed by atoms with van der Waals surface area (Å²) in [4.78, 5) is 44.0. The van der Waals surface area contributed by atoms with Gasteiger partial charge in [-0.15, -0.1) is 11.3 Å². The van der Waals surface area contributed by atoms with Crippen LogP contribution in [-0.4, -0.2) is 46.0 Å². The van der Waals surface area contributed by atoms with Crippen LogP contribution >= 0.6 is 11.3 Å². The minimum absolute atomic E-state index is 0.205. The fourth-order valence-corrected chi connectivity index (χ4v) is 3.88. The van der Waals surface area contributed by atoms with Crippen molar-refractivity contribution in [1.82, 2.24) is 14.5 Å². The zero-order chi connectivity index (χ0) is 20.3. The first-order valence-corrected chi connectivity index (χ1v) is 9.83. The molecular weight excluding hydrogens is 366 g/mol. The van der Waals surface area contributed by atoms with Gasteiger partial charge >= 0.3 is 5.97 Å². The lowest BCUT2D eigenvalue weighted by Crippen LogP contribution is -2.39. The first-order valence-electron chi connectivity index (χ1n) is 9.01. The van der Waals surface area contributed by atoms with Gasteiger partial charge in [-0.3, -0.25) is 9.59 Å². The number of rotatable bonds is 7. The SMILES string of the molecule is Cc1c(C(=O)OCC(=O)N(CC(C)C)CC(C)C)sc2ncn(C)c(=O)c12. The summed E-state index contributed by atoms with van der Waals surface area (Å²) in [5, 5.41) is 0.421. The molecule has 8 heteroatoms. The van der Waals surface area contributed by atoms with Crippen molar-refractivity contribution >= 4 is 33.4 Å². The molecule has 0 aromatic carbocycles. The number of carbonyl (C=O) groups is 2. The van der Waals surface area contributed by atoms with Gasteiger partial charge in [0.15, 0.2) is 6.61 Å². The molecule has 0 spiro atoms. The standard InChI is InChI=1S/C19H27N3O4S/c1-11(2)7-22(8-12(3)4)14(23)9-26-19(25)16-13(5)15-17(27-16)20-10-21(6)18(15)24/h10-12H,7-9H2,1-6H3. The lowest BCUT2D eigenvalue weighted by atomic mass is 10.1. The van der Waals surface area contributed by atoms with E-state index in [1.165, 1.54) is 10.9 Å². The number of nitrogens with zero attached hydrogens (tertiary/aromatic N) is 3. The second-order valence-electron chi connectivity index (χ2n) is 7.56. The minimum atomic E-state index is -0.597. The highest BCUT2D eigenvalue weighted by Crippen LogP contribution is 2.27. The smallest absolute Gasteiger partial charge is 0.349 e. The number of hydrogen-bond acceptors (Lipinski definition) is 6. The van der Waals surface area contributed by atoms with Gasteiger partial charge in [0.05, 0.1) is 11.7 Å². The third-order valence-electron chi connectivity index (χ3n) is 4.05. The second kappa shape index (κ2) is 8.65. The van der Waals surface area contributed by atoms with Crippen LogP contribution in [0.5, 0.6) is 0 Å². The van der Waals surface area contributed by atoms with E-state index in [1.54, 1.807) is 18.9 Å². The summed E-state index contributed by atoms with van der Waals surface area (Å²) < 4.78 is 6.63. The molecule has 2 aromatic heterocycles. The molecule has 0 aliphatic carbocycles. The van der Waals surface area contributed by atoms with E-state index in [9.17, 15) is 14.4 Å². The van der Waals surface area contributed by atoms with Gasteiger partial charge in [-0.25, -0.2) is 9.78 Å². The average Bonchev–Trinajstić information content (AvgIpc) is 2.91. The number of esters is 1. The van der Waals surface area contributed by atoms with Gasteiger partial charge in [0.1, 0.15) is 9.71 Å². The molecule has 0 atom stereocenters. The maximum Gasteiger partial charge on any atom is 0.349 e. The van der Waals surface area contributed by atoms with Crippen LogP contribution in [0.25, 0.3) is 10.2 Å². The van der Waals surface area contributed by atoms with Crippen molar-refractivity contribution in [2.24, 2.45) is 18.9 Å². The molecule has 7 nitrogen and oxygen atoms in total. The Kier molecular flexibility index (Phi) is 6.75. The van der Waals surface area contributed by atoms with Crippen LogP contribution < -0.4 is 5.56 Å². The lowest BCUT2D eigenvalue weighted by Gasteiger charge is -2.26. The molecule has 0 aliphatic heterocycles. The fourth-order valence-electron chi connectivity index (χ4n) is 2.85. The highest BCUT2D eigenvalue weighted by molar-refractivity contribution is 7.20. The molecule has 27 heavy (non-hydrogen) atoms. The molecule has 2 heterocycles. The molecule has 0 aliphatic rings. The summed E-state index contributed by atoms with van der Waals surface area (Å²) in [6.07, 6.45) is 1.43. The molecule has 0 N–H and O–H groups in total. The first-order chi connectivity index (χ1) is 12.6. The van der Waals surface area contributed by atoms with E-state index in [0.717, 1.165) is 11.3 Å². The van der Waals surface area contributed by atoms with E-state index in [0.29, 0.717) is 45.6 Å². The van der Waals surface area contributed by atoms with Crippen molar-refractivity contribution in [3.63, 3.8) is 0 Å². The number of fused-ring (bicyclic) bond motifs is 1. The number of aromatic nitrogens is 2. The summed E-state index contributed by atoms with van der Waals surface area (Å²) in [7, 11) is 1.61. The highest BCUT2D eigenvalue weighted by atomic mass is 32.1. The van der Waals surface area contributed by atoms with Gasteiger partial charge in [-0.2, -0.15) is 0 Å². The summed E-state index contributed by atoms with van der Waals surface area (Å²) in [5.74, 6) is -0.149. The monoisotopic (exact) mass is 393 g/mol. The highest BCUT2D eigenvalue weighted by Gasteiger charge is 2.23. The minimum Gasteiger partial charge on any atom is -0.451 e. The van der Waals surface area contributed by atoms with Crippen molar-refractivity contribution in [1.29, 1.82) is 0 Å². The molecule has 0 bridgehead atoms. The fraction of sp³-hybridized carbons (Fsp3) is 0.579. The van der Waals surface area contributed by atoms with Gasteiger partial charge in [0.2, 0.25) is 0 Å². The largest absolute Gasteiger partial charge is 0.451 e. The molecule has 0 fully saturated rings. The summed E-state index contributed by atoms with van der Waals surface area (Å²) in [6.45, 7) is 10.8. The average molecular weight is 394 g/mol. The Morgan fingerprint density at radius 3 is 2.37 bits per heavy atom. The van der Waals surface area contributed by atoms with Gasteiger partial charge < -0.3 is 14.2 Å². The molecule has 0 saturated heterocycles. The van der Waals surface area contributed by atoms with Crippen LogP contribution in [0, 0.1) is 18.8 Å². The molecule has 0 unspecified atom stereocenters. The zero-order valence-electron chi connectivity index (χ0n) is 16.7. The predicted molar refractivity (Wildman–Crippen MR) is 106 cm³/mol. The van der Waals surface area contributed by atoms with E-state index >= 15 is 0 Å². The van der Waals surface area contributed by atoms with E-state index in [2.05, 4.69) is 4.98 Å².